The third-order valence-corrected chi connectivity index (χ3v) is 5.00. The number of alkyl halides is 3. The van der Waals surface area contributed by atoms with Crippen LogP contribution in [0.3, 0.4) is 0 Å². The Bertz CT molecular complexity index is 820. The van der Waals surface area contributed by atoms with Crippen LogP contribution in [0.15, 0.2) is 33.7 Å². The van der Waals surface area contributed by atoms with Crippen molar-refractivity contribution in [2.24, 2.45) is 0 Å². The molecule has 0 bridgehead atoms. The Morgan fingerprint density at radius 3 is 2.61 bits per heavy atom. The minimum atomic E-state index is -5.06. The van der Waals surface area contributed by atoms with E-state index in [0.29, 0.717) is 4.90 Å². The summed E-state index contributed by atoms with van der Waals surface area (Å²) >= 11 is 0. The fourth-order valence-electron chi connectivity index (χ4n) is 2.55. The molecule has 2 unspecified atom stereocenters. The number of aromatic amines is 1. The van der Waals surface area contributed by atoms with Crippen LogP contribution in [-0.2, 0) is 18.6 Å². The molecule has 0 aromatic carbocycles. The Kier molecular flexibility index (Phi) is 7.53. The lowest BCUT2D eigenvalue weighted by molar-refractivity contribution is -0.186. The van der Waals surface area contributed by atoms with Gasteiger partial charge in [0, 0.05) is 33.0 Å². The van der Waals surface area contributed by atoms with Gasteiger partial charge in [-0.3, -0.25) is 19.1 Å². The van der Waals surface area contributed by atoms with E-state index in [1.807, 2.05) is 4.98 Å². The van der Waals surface area contributed by atoms with Gasteiger partial charge in [-0.1, -0.05) is 6.08 Å². The molecule has 28 heavy (non-hydrogen) atoms. The van der Waals surface area contributed by atoms with Crippen LogP contribution < -0.4 is 11.2 Å². The lowest BCUT2D eigenvalue weighted by Crippen LogP contribution is -2.45. The zero-order valence-electron chi connectivity index (χ0n) is 15.0. The molecule has 1 aliphatic heterocycles. The number of H-pyrrole nitrogens is 1. The molecule has 156 valence electrons. The summed E-state index contributed by atoms with van der Waals surface area (Å²) in [4.78, 5) is 37.6. The highest BCUT2D eigenvalue weighted by molar-refractivity contribution is 7.50. The van der Waals surface area contributed by atoms with Crippen molar-refractivity contribution in [3.8, 4) is 0 Å². The third-order valence-electron chi connectivity index (χ3n) is 3.87. The van der Waals surface area contributed by atoms with E-state index < -0.39 is 50.6 Å². The highest BCUT2D eigenvalue weighted by Gasteiger charge is 2.44. The van der Waals surface area contributed by atoms with Crippen molar-refractivity contribution < 1.29 is 31.8 Å². The lowest BCUT2D eigenvalue weighted by atomic mass is 10.2. The van der Waals surface area contributed by atoms with Crippen molar-refractivity contribution >= 4 is 14.3 Å². The highest BCUT2D eigenvalue weighted by atomic mass is 31.2. The fourth-order valence-corrected chi connectivity index (χ4v) is 3.28. The average Bonchev–Trinajstić information content (AvgIpc) is 2.84. The van der Waals surface area contributed by atoms with Crippen LogP contribution in [0.1, 0.15) is 12.6 Å². The number of rotatable bonds is 5. The second-order valence-corrected chi connectivity index (χ2v) is 7.28. The molecule has 1 fully saturated rings. The van der Waals surface area contributed by atoms with Crippen molar-refractivity contribution in [3.63, 3.8) is 0 Å². The maximum Gasteiger partial charge on any atom is 0.471 e. The Morgan fingerprint density at radius 2 is 2.04 bits per heavy atom. The molecule has 2 atom stereocenters. The largest absolute Gasteiger partial charge is 0.471 e. The monoisotopic (exact) mass is 425 g/mol. The smallest absolute Gasteiger partial charge is 0.349 e. The van der Waals surface area contributed by atoms with Crippen LogP contribution >= 0.6 is 8.38 Å². The van der Waals surface area contributed by atoms with Gasteiger partial charge in [0.2, 0.25) is 0 Å². The van der Waals surface area contributed by atoms with E-state index in [0.717, 1.165) is 16.8 Å². The lowest BCUT2D eigenvalue weighted by Gasteiger charge is -2.25. The van der Waals surface area contributed by atoms with Crippen molar-refractivity contribution in [2.45, 2.75) is 24.9 Å². The first-order chi connectivity index (χ1) is 13.2. The van der Waals surface area contributed by atoms with Crippen LogP contribution in [0.25, 0.3) is 0 Å². The minimum Gasteiger partial charge on any atom is -0.349 e. The molecule has 2 rings (SSSR count). The number of nitrogens with one attached hydrogen (secondary N) is 1. The molecule has 1 aromatic rings. The molecule has 1 aromatic heterocycles. The van der Waals surface area contributed by atoms with Crippen LogP contribution in [0, 0.1) is 0 Å². The van der Waals surface area contributed by atoms with Crippen LogP contribution in [0.2, 0.25) is 0 Å². The van der Waals surface area contributed by atoms with E-state index >= 15 is 0 Å². The Morgan fingerprint density at radius 1 is 1.36 bits per heavy atom. The molecular formula is C15H19F3N3O6P. The summed E-state index contributed by atoms with van der Waals surface area (Å²) in [6.07, 6.45) is -4.30. The minimum absolute atomic E-state index is 0.0591. The number of halogens is 3. The molecule has 9 nitrogen and oxygen atoms in total. The van der Waals surface area contributed by atoms with E-state index in [1.54, 1.807) is 11.9 Å². The summed E-state index contributed by atoms with van der Waals surface area (Å²) in [7, 11) is 1.51. The van der Waals surface area contributed by atoms with Gasteiger partial charge in [-0.25, -0.2) is 4.79 Å². The molecular weight excluding hydrogens is 406 g/mol. The second kappa shape index (κ2) is 9.46. The van der Waals surface area contributed by atoms with Gasteiger partial charge in [0.1, 0.15) is 0 Å². The van der Waals surface area contributed by atoms with Gasteiger partial charge in [-0.15, -0.1) is 0 Å². The molecule has 0 radical (unpaired) electrons. The number of carbonyl (C=O) groups is 1. The van der Waals surface area contributed by atoms with Gasteiger partial charge in [0.25, 0.3) is 5.56 Å². The standard InChI is InChI=1S/C15H19F3N3O6P/c1-25-28(26-2)8-5-10-3-6-20(13(23)15(16,17)18)9-12(27-10)21-7-4-11(22)19-14(21)24/h4-5,7-8,10,12H,3,6,9H2,1-2H3,(H,19,22,24)/b8-5+. The summed E-state index contributed by atoms with van der Waals surface area (Å²) in [6, 6.07) is 1.03. The van der Waals surface area contributed by atoms with Gasteiger partial charge >= 0.3 is 17.8 Å². The molecule has 13 heteroatoms. The van der Waals surface area contributed by atoms with Gasteiger partial charge < -0.3 is 18.7 Å². The third kappa shape index (κ3) is 5.74. The summed E-state index contributed by atoms with van der Waals surface area (Å²) < 4.78 is 55.4. The first-order valence-electron chi connectivity index (χ1n) is 8.04. The number of hydrogen-bond donors (Lipinski definition) is 1. The number of aromatic nitrogens is 2. The predicted octanol–water partition coefficient (Wildman–Crippen LogP) is 1.33. The van der Waals surface area contributed by atoms with E-state index in [9.17, 15) is 27.6 Å². The van der Waals surface area contributed by atoms with E-state index in [1.165, 1.54) is 14.2 Å². The molecule has 0 saturated carbocycles. The number of ether oxygens (including phenoxy) is 1. The van der Waals surface area contributed by atoms with E-state index in [-0.39, 0.29) is 13.0 Å². The number of nitrogens with zero attached hydrogens (tertiary/aromatic N) is 2. The Hall–Kier alpha value is -2.01. The molecule has 1 amide bonds. The van der Waals surface area contributed by atoms with Crippen LogP contribution in [0.5, 0.6) is 0 Å². The molecule has 2 heterocycles. The molecule has 1 saturated heterocycles. The van der Waals surface area contributed by atoms with Gasteiger partial charge in [-0.2, -0.15) is 13.2 Å². The van der Waals surface area contributed by atoms with E-state index in [4.69, 9.17) is 13.8 Å². The first kappa shape index (κ1) is 22.3. The van der Waals surface area contributed by atoms with Crippen molar-refractivity contribution in [2.75, 3.05) is 27.3 Å². The number of hydrogen-bond acceptors (Lipinski definition) is 6. The Labute approximate surface area is 158 Å². The quantitative estimate of drug-likeness (QED) is 0.715. The molecule has 1 aliphatic rings. The number of carbonyl (C=O) groups excluding carboxylic acids is 1. The van der Waals surface area contributed by atoms with Crippen molar-refractivity contribution in [1.29, 1.82) is 0 Å². The summed E-state index contributed by atoms with van der Waals surface area (Å²) in [5.74, 6) is -0.465. The van der Waals surface area contributed by atoms with Gasteiger partial charge in [-0.05, 0) is 12.2 Å². The maximum atomic E-state index is 12.9. The SMILES string of the molecule is COP(/C=C/C1CCN(C(=O)C(F)(F)F)CC(n2ccc(=O)[nH]c2=O)O1)OC. The second-order valence-electron chi connectivity index (χ2n) is 5.68. The molecule has 0 spiro atoms. The molecule has 0 aliphatic carbocycles. The summed E-state index contributed by atoms with van der Waals surface area (Å²) in [5, 5.41) is 0. The van der Waals surface area contributed by atoms with E-state index in [2.05, 4.69) is 0 Å². The first-order valence-corrected chi connectivity index (χ1v) is 9.29. The maximum absolute atomic E-state index is 12.9. The van der Waals surface area contributed by atoms with Crippen molar-refractivity contribution in [3.05, 3.63) is 45.0 Å². The fraction of sp³-hybridized carbons (Fsp3) is 0.533. The number of amides is 1. The summed E-state index contributed by atoms with van der Waals surface area (Å²) in [6.45, 7) is -0.752. The van der Waals surface area contributed by atoms with Crippen LogP contribution in [-0.4, -0.2) is 59.9 Å². The highest BCUT2D eigenvalue weighted by Crippen LogP contribution is 2.38. The van der Waals surface area contributed by atoms with Crippen molar-refractivity contribution in [1.82, 2.24) is 14.5 Å². The Balaban J connectivity index is 2.33. The van der Waals surface area contributed by atoms with Crippen LogP contribution in [0.4, 0.5) is 13.2 Å². The van der Waals surface area contributed by atoms with Gasteiger partial charge in [0.05, 0.1) is 12.6 Å². The predicted molar refractivity (Wildman–Crippen MR) is 92.6 cm³/mol. The van der Waals surface area contributed by atoms with Gasteiger partial charge in [0.15, 0.2) is 14.6 Å². The molecule has 1 N–H and O–H groups in total. The normalized spacial score (nSPS) is 21.3. The topological polar surface area (TPSA) is 103 Å². The zero-order chi connectivity index (χ0) is 20.9. The zero-order valence-corrected chi connectivity index (χ0v) is 15.9. The summed E-state index contributed by atoms with van der Waals surface area (Å²) in [5.41, 5.74) is -1.53. The average molecular weight is 425 g/mol.